The van der Waals surface area contributed by atoms with E-state index in [2.05, 4.69) is 24.9 Å². The van der Waals surface area contributed by atoms with Gasteiger partial charge in [-0.05, 0) is 31.0 Å². The Morgan fingerprint density at radius 1 is 1.16 bits per heavy atom. The van der Waals surface area contributed by atoms with Crippen LogP contribution in [0, 0.1) is 6.92 Å². The van der Waals surface area contributed by atoms with E-state index in [1.807, 2.05) is 42.5 Å². The van der Waals surface area contributed by atoms with Gasteiger partial charge in [0.15, 0.2) is 0 Å². The number of anilines is 1. The van der Waals surface area contributed by atoms with Gasteiger partial charge in [-0.25, -0.2) is 0 Å². The number of aryl methyl sites for hydroxylation is 1. The molecule has 2 heteroatoms. The molecule has 1 atom stereocenters. The fraction of sp³-hybridized carbons (Fsp3) is 0.176. The van der Waals surface area contributed by atoms with E-state index in [1.165, 1.54) is 5.56 Å². The van der Waals surface area contributed by atoms with Crippen molar-refractivity contribution in [3.63, 3.8) is 0 Å². The molecule has 2 aromatic carbocycles. The highest BCUT2D eigenvalue weighted by atomic mass is 16.3. The first kappa shape index (κ1) is 13.2. The lowest BCUT2D eigenvalue weighted by Crippen LogP contribution is -2.11. The molecule has 0 saturated carbocycles. The van der Waals surface area contributed by atoms with Gasteiger partial charge in [-0.2, -0.15) is 0 Å². The quantitative estimate of drug-likeness (QED) is 0.773. The van der Waals surface area contributed by atoms with E-state index in [0.717, 1.165) is 17.7 Å². The van der Waals surface area contributed by atoms with Gasteiger partial charge in [-0.1, -0.05) is 42.5 Å². The molecule has 0 aromatic heterocycles. The molecule has 0 aliphatic carbocycles. The van der Waals surface area contributed by atoms with E-state index in [1.54, 1.807) is 6.07 Å². The van der Waals surface area contributed by atoms with Crippen LogP contribution in [0.2, 0.25) is 0 Å². The Bertz CT molecular complexity index is 563. The third kappa shape index (κ3) is 3.16. The third-order valence-corrected chi connectivity index (χ3v) is 3.19. The Kier molecular flexibility index (Phi) is 4.24. The zero-order valence-corrected chi connectivity index (χ0v) is 11.1. The topological polar surface area (TPSA) is 32.3 Å². The molecule has 0 radical (unpaired) electrons. The molecule has 2 N–H and O–H groups in total. The Hall–Kier alpha value is -2.22. The summed E-state index contributed by atoms with van der Waals surface area (Å²) in [6, 6.07) is 15.6. The Morgan fingerprint density at radius 3 is 2.53 bits per heavy atom. The average molecular weight is 253 g/mol. The van der Waals surface area contributed by atoms with E-state index in [4.69, 9.17) is 0 Å². The first-order valence-electron chi connectivity index (χ1n) is 6.43. The third-order valence-electron chi connectivity index (χ3n) is 3.19. The van der Waals surface area contributed by atoms with Crippen molar-refractivity contribution >= 4 is 5.69 Å². The predicted molar refractivity (Wildman–Crippen MR) is 80.5 cm³/mol. The summed E-state index contributed by atoms with van der Waals surface area (Å²) in [5, 5.41) is 13.5. The maximum atomic E-state index is 9.98. The largest absolute Gasteiger partial charge is 0.508 e. The van der Waals surface area contributed by atoms with E-state index >= 15 is 0 Å². The predicted octanol–water partition coefficient (Wildman–Crippen LogP) is 4.43. The number of hydrogen-bond acceptors (Lipinski definition) is 2. The molecular formula is C17H19NO. The van der Waals surface area contributed by atoms with E-state index < -0.39 is 0 Å². The molecule has 0 bridgehead atoms. The van der Waals surface area contributed by atoms with Crippen LogP contribution in [-0.4, -0.2) is 5.11 Å². The summed E-state index contributed by atoms with van der Waals surface area (Å²) in [4.78, 5) is 0. The van der Waals surface area contributed by atoms with Crippen molar-refractivity contribution in [1.82, 2.24) is 0 Å². The van der Waals surface area contributed by atoms with Crippen molar-refractivity contribution in [3.05, 3.63) is 72.3 Å². The van der Waals surface area contributed by atoms with Crippen molar-refractivity contribution < 1.29 is 5.11 Å². The van der Waals surface area contributed by atoms with E-state index in [9.17, 15) is 5.11 Å². The SMILES string of the molecule is C=CCC(Nc1ccccc1C)c1ccccc1O. The summed E-state index contributed by atoms with van der Waals surface area (Å²) in [7, 11) is 0. The summed E-state index contributed by atoms with van der Waals surface area (Å²) < 4.78 is 0. The highest BCUT2D eigenvalue weighted by Crippen LogP contribution is 2.30. The molecule has 2 aromatic rings. The molecule has 0 aliphatic heterocycles. The second kappa shape index (κ2) is 6.10. The molecular weight excluding hydrogens is 234 g/mol. The number of para-hydroxylation sites is 2. The first-order valence-corrected chi connectivity index (χ1v) is 6.43. The number of hydrogen-bond donors (Lipinski definition) is 2. The summed E-state index contributed by atoms with van der Waals surface area (Å²) >= 11 is 0. The Balaban J connectivity index is 2.29. The lowest BCUT2D eigenvalue weighted by molar-refractivity contribution is 0.464. The van der Waals surface area contributed by atoms with Gasteiger partial charge in [-0.3, -0.25) is 0 Å². The highest BCUT2D eigenvalue weighted by Gasteiger charge is 2.14. The van der Waals surface area contributed by atoms with Gasteiger partial charge in [0.25, 0.3) is 0 Å². The first-order chi connectivity index (χ1) is 9.22. The zero-order chi connectivity index (χ0) is 13.7. The maximum Gasteiger partial charge on any atom is 0.120 e. The van der Waals surface area contributed by atoms with Gasteiger partial charge in [-0.15, -0.1) is 6.58 Å². The van der Waals surface area contributed by atoms with Crippen molar-refractivity contribution in [1.29, 1.82) is 0 Å². The van der Waals surface area contributed by atoms with Gasteiger partial charge in [0, 0.05) is 11.3 Å². The van der Waals surface area contributed by atoms with Crippen LogP contribution in [-0.2, 0) is 0 Å². The Labute approximate surface area is 114 Å². The van der Waals surface area contributed by atoms with Crippen LogP contribution < -0.4 is 5.32 Å². The second-order valence-electron chi connectivity index (χ2n) is 4.60. The summed E-state index contributed by atoms with van der Waals surface area (Å²) in [5.41, 5.74) is 3.16. The van der Waals surface area contributed by atoms with E-state index in [-0.39, 0.29) is 6.04 Å². The van der Waals surface area contributed by atoms with Crippen molar-refractivity contribution in [3.8, 4) is 5.75 Å². The fourth-order valence-corrected chi connectivity index (χ4v) is 2.14. The van der Waals surface area contributed by atoms with Crippen LogP contribution in [0.15, 0.2) is 61.2 Å². The standard InChI is InChI=1S/C17H19NO/c1-3-8-16(14-10-5-7-12-17(14)19)18-15-11-6-4-9-13(15)2/h3-7,9-12,16,18-19H,1,8H2,2H3. The molecule has 0 aliphatic rings. The van der Waals surface area contributed by atoms with Gasteiger partial charge in [0.05, 0.1) is 6.04 Å². The molecule has 0 fully saturated rings. The van der Waals surface area contributed by atoms with E-state index in [0.29, 0.717) is 5.75 Å². The highest BCUT2D eigenvalue weighted by molar-refractivity contribution is 5.53. The normalized spacial score (nSPS) is 11.8. The summed E-state index contributed by atoms with van der Waals surface area (Å²) in [6.07, 6.45) is 2.62. The maximum absolute atomic E-state index is 9.98. The van der Waals surface area contributed by atoms with Crippen LogP contribution >= 0.6 is 0 Å². The van der Waals surface area contributed by atoms with Crippen LogP contribution in [0.3, 0.4) is 0 Å². The summed E-state index contributed by atoms with van der Waals surface area (Å²) in [6.45, 7) is 5.87. The molecule has 2 rings (SSSR count). The molecule has 98 valence electrons. The zero-order valence-electron chi connectivity index (χ0n) is 11.1. The van der Waals surface area contributed by atoms with Gasteiger partial charge in [0.1, 0.15) is 5.75 Å². The smallest absolute Gasteiger partial charge is 0.120 e. The summed E-state index contributed by atoms with van der Waals surface area (Å²) in [5.74, 6) is 0.315. The molecule has 0 heterocycles. The minimum absolute atomic E-state index is 0.0276. The fourth-order valence-electron chi connectivity index (χ4n) is 2.14. The van der Waals surface area contributed by atoms with Crippen LogP contribution in [0.25, 0.3) is 0 Å². The van der Waals surface area contributed by atoms with Gasteiger partial charge in [0.2, 0.25) is 0 Å². The minimum Gasteiger partial charge on any atom is -0.508 e. The van der Waals surface area contributed by atoms with Crippen molar-refractivity contribution in [2.45, 2.75) is 19.4 Å². The lowest BCUT2D eigenvalue weighted by atomic mass is 10.0. The number of nitrogens with one attached hydrogen (secondary N) is 1. The van der Waals surface area contributed by atoms with Crippen molar-refractivity contribution in [2.75, 3.05) is 5.32 Å². The number of phenolic OH excluding ortho intramolecular Hbond substituents is 1. The number of aromatic hydroxyl groups is 1. The van der Waals surface area contributed by atoms with Crippen LogP contribution in [0.1, 0.15) is 23.6 Å². The molecule has 0 saturated heterocycles. The molecule has 2 nitrogen and oxygen atoms in total. The van der Waals surface area contributed by atoms with Crippen molar-refractivity contribution in [2.24, 2.45) is 0 Å². The second-order valence-corrected chi connectivity index (χ2v) is 4.60. The van der Waals surface area contributed by atoms with Gasteiger partial charge >= 0.3 is 0 Å². The number of rotatable bonds is 5. The average Bonchev–Trinajstić information content (AvgIpc) is 2.41. The van der Waals surface area contributed by atoms with Crippen LogP contribution in [0.4, 0.5) is 5.69 Å². The number of phenols is 1. The lowest BCUT2D eigenvalue weighted by Gasteiger charge is -2.21. The van der Waals surface area contributed by atoms with Gasteiger partial charge < -0.3 is 10.4 Å². The Morgan fingerprint density at radius 2 is 1.84 bits per heavy atom. The molecule has 1 unspecified atom stereocenters. The van der Waals surface area contributed by atoms with Crippen LogP contribution in [0.5, 0.6) is 5.75 Å². The molecule has 0 amide bonds. The number of benzene rings is 2. The molecule has 0 spiro atoms. The minimum atomic E-state index is 0.0276. The molecule has 19 heavy (non-hydrogen) atoms. The monoisotopic (exact) mass is 253 g/mol.